The smallest absolute Gasteiger partial charge is 0.129 e. The Labute approximate surface area is 118 Å². The SMILES string of the molecule is COc1ccccc1CC(O)C1Cc2ccccc2O1. The van der Waals surface area contributed by atoms with Gasteiger partial charge >= 0.3 is 0 Å². The first-order valence-corrected chi connectivity index (χ1v) is 6.82. The first-order valence-electron chi connectivity index (χ1n) is 6.82. The summed E-state index contributed by atoms with van der Waals surface area (Å²) in [6.45, 7) is 0. The number of benzene rings is 2. The average Bonchev–Trinajstić information content (AvgIpc) is 2.92. The first-order chi connectivity index (χ1) is 9.78. The second-order valence-electron chi connectivity index (χ2n) is 5.05. The summed E-state index contributed by atoms with van der Waals surface area (Å²) in [6.07, 6.45) is 0.561. The van der Waals surface area contributed by atoms with Gasteiger partial charge in [-0.1, -0.05) is 36.4 Å². The third-order valence-electron chi connectivity index (χ3n) is 3.72. The summed E-state index contributed by atoms with van der Waals surface area (Å²) in [4.78, 5) is 0. The second kappa shape index (κ2) is 5.55. The van der Waals surface area contributed by atoms with E-state index in [4.69, 9.17) is 9.47 Å². The number of ether oxygens (including phenoxy) is 2. The van der Waals surface area contributed by atoms with Crippen LogP contribution in [0.15, 0.2) is 48.5 Å². The van der Waals surface area contributed by atoms with E-state index < -0.39 is 6.10 Å². The predicted octanol–water partition coefficient (Wildman–Crippen LogP) is 2.60. The predicted molar refractivity (Wildman–Crippen MR) is 77.3 cm³/mol. The standard InChI is InChI=1S/C17H18O3/c1-19-15-8-4-2-6-12(15)10-14(18)17-11-13-7-3-5-9-16(13)20-17/h2-9,14,17-18H,10-11H2,1H3. The number of hydrogen-bond acceptors (Lipinski definition) is 3. The molecule has 0 bridgehead atoms. The topological polar surface area (TPSA) is 38.7 Å². The third-order valence-corrected chi connectivity index (χ3v) is 3.72. The number of aliphatic hydroxyl groups excluding tert-OH is 1. The summed E-state index contributed by atoms with van der Waals surface area (Å²) in [6, 6.07) is 15.7. The third kappa shape index (κ3) is 2.49. The van der Waals surface area contributed by atoms with Crippen LogP contribution < -0.4 is 9.47 Å². The molecule has 0 amide bonds. The largest absolute Gasteiger partial charge is 0.496 e. The van der Waals surface area contributed by atoms with E-state index in [1.165, 1.54) is 0 Å². The highest BCUT2D eigenvalue weighted by Gasteiger charge is 2.29. The maximum absolute atomic E-state index is 10.4. The van der Waals surface area contributed by atoms with Gasteiger partial charge < -0.3 is 14.6 Å². The lowest BCUT2D eigenvalue weighted by Gasteiger charge is -2.19. The molecule has 1 N–H and O–H groups in total. The average molecular weight is 270 g/mol. The molecule has 0 spiro atoms. The van der Waals surface area contributed by atoms with Gasteiger partial charge in [0.25, 0.3) is 0 Å². The molecule has 3 heteroatoms. The quantitative estimate of drug-likeness (QED) is 0.928. The molecule has 2 atom stereocenters. The van der Waals surface area contributed by atoms with Crippen molar-refractivity contribution in [3.8, 4) is 11.5 Å². The highest BCUT2D eigenvalue weighted by atomic mass is 16.5. The Morgan fingerprint density at radius 3 is 2.75 bits per heavy atom. The maximum atomic E-state index is 10.4. The number of hydrogen-bond donors (Lipinski definition) is 1. The van der Waals surface area contributed by atoms with Crippen LogP contribution in [0.3, 0.4) is 0 Å². The fourth-order valence-corrected chi connectivity index (χ4v) is 2.65. The van der Waals surface area contributed by atoms with Crippen LogP contribution >= 0.6 is 0 Å². The highest BCUT2D eigenvalue weighted by molar-refractivity contribution is 5.38. The molecule has 2 unspecified atom stereocenters. The van der Waals surface area contributed by atoms with E-state index in [0.717, 1.165) is 29.0 Å². The van der Waals surface area contributed by atoms with Crippen LogP contribution in [0.2, 0.25) is 0 Å². The monoisotopic (exact) mass is 270 g/mol. The van der Waals surface area contributed by atoms with Crippen molar-refractivity contribution in [2.75, 3.05) is 7.11 Å². The lowest BCUT2D eigenvalue weighted by Crippen LogP contribution is -2.32. The van der Waals surface area contributed by atoms with Crippen LogP contribution in [0, 0.1) is 0 Å². The molecule has 0 saturated carbocycles. The molecule has 0 radical (unpaired) electrons. The van der Waals surface area contributed by atoms with E-state index in [2.05, 4.69) is 0 Å². The molecule has 104 valence electrons. The molecule has 0 aromatic heterocycles. The summed E-state index contributed by atoms with van der Waals surface area (Å²) < 4.78 is 11.1. The lowest BCUT2D eigenvalue weighted by molar-refractivity contribution is 0.0499. The van der Waals surface area contributed by atoms with Crippen molar-refractivity contribution >= 4 is 0 Å². The minimum Gasteiger partial charge on any atom is -0.496 e. The zero-order valence-corrected chi connectivity index (χ0v) is 11.5. The van der Waals surface area contributed by atoms with E-state index in [9.17, 15) is 5.11 Å². The summed E-state index contributed by atoms with van der Waals surface area (Å²) in [7, 11) is 1.65. The number of fused-ring (bicyclic) bond motifs is 1. The van der Waals surface area contributed by atoms with E-state index in [1.54, 1.807) is 7.11 Å². The van der Waals surface area contributed by atoms with Gasteiger partial charge in [-0.25, -0.2) is 0 Å². The molecule has 20 heavy (non-hydrogen) atoms. The van der Waals surface area contributed by atoms with Gasteiger partial charge in [0.1, 0.15) is 17.6 Å². The van der Waals surface area contributed by atoms with Gasteiger partial charge in [-0.15, -0.1) is 0 Å². The van der Waals surface area contributed by atoms with Crippen molar-refractivity contribution in [2.24, 2.45) is 0 Å². The molecule has 1 aliphatic rings. The van der Waals surface area contributed by atoms with Gasteiger partial charge in [0, 0.05) is 12.8 Å². The van der Waals surface area contributed by atoms with Crippen LogP contribution in [0.25, 0.3) is 0 Å². The molecular formula is C17H18O3. The van der Waals surface area contributed by atoms with Gasteiger partial charge in [-0.05, 0) is 23.3 Å². The molecule has 0 saturated heterocycles. The summed E-state index contributed by atoms with van der Waals surface area (Å²) in [5.41, 5.74) is 2.17. The van der Waals surface area contributed by atoms with Crippen molar-refractivity contribution < 1.29 is 14.6 Å². The Morgan fingerprint density at radius 1 is 1.20 bits per heavy atom. The molecule has 3 rings (SSSR count). The van der Waals surface area contributed by atoms with Crippen LogP contribution in [-0.4, -0.2) is 24.4 Å². The molecule has 2 aromatic rings. The Morgan fingerprint density at radius 2 is 1.95 bits per heavy atom. The minimum absolute atomic E-state index is 0.183. The highest BCUT2D eigenvalue weighted by Crippen LogP contribution is 2.31. The Kier molecular flexibility index (Phi) is 3.61. The van der Waals surface area contributed by atoms with Crippen LogP contribution in [0.4, 0.5) is 0 Å². The van der Waals surface area contributed by atoms with Crippen molar-refractivity contribution in [2.45, 2.75) is 25.0 Å². The Balaban J connectivity index is 1.71. The molecule has 1 aliphatic heterocycles. The molecule has 3 nitrogen and oxygen atoms in total. The van der Waals surface area contributed by atoms with Gasteiger partial charge in [-0.3, -0.25) is 0 Å². The second-order valence-corrected chi connectivity index (χ2v) is 5.05. The van der Waals surface area contributed by atoms with E-state index in [0.29, 0.717) is 6.42 Å². The van der Waals surface area contributed by atoms with Gasteiger partial charge in [0.05, 0.1) is 13.2 Å². The van der Waals surface area contributed by atoms with Crippen LogP contribution in [0.1, 0.15) is 11.1 Å². The summed E-state index contributed by atoms with van der Waals surface area (Å²) >= 11 is 0. The number of aliphatic hydroxyl groups is 1. The van der Waals surface area contributed by atoms with Gasteiger partial charge in [0.15, 0.2) is 0 Å². The summed E-state index contributed by atoms with van der Waals surface area (Å²) in [5, 5.41) is 10.4. The van der Waals surface area contributed by atoms with E-state index in [1.807, 2.05) is 48.5 Å². The maximum Gasteiger partial charge on any atom is 0.129 e. The van der Waals surface area contributed by atoms with Crippen LogP contribution in [-0.2, 0) is 12.8 Å². The van der Waals surface area contributed by atoms with Crippen molar-refractivity contribution in [1.82, 2.24) is 0 Å². The van der Waals surface area contributed by atoms with Gasteiger partial charge in [0.2, 0.25) is 0 Å². The number of para-hydroxylation sites is 2. The number of rotatable bonds is 4. The van der Waals surface area contributed by atoms with Crippen molar-refractivity contribution in [3.05, 3.63) is 59.7 Å². The summed E-state index contributed by atoms with van der Waals surface area (Å²) in [5.74, 6) is 1.69. The Hall–Kier alpha value is -2.00. The van der Waals surface area contributed by atoms with Crippen molar-refractivity contribution in [3.63, 3.8) is 0 Å². The lowest BCUT2D eigenvalue weighted by atomic mass is 10.00. The first kappa shape index (κ1) is 13.0. The zero-order valence-electron chi connectivity index (χ0n) is 11.5. The number of methoxy groups -OCH3 is 1. The van der Waals surface area contributed by atoms with Gasteiger partial charge in [-0.2, -0.15) is 0 Å². The minimum atomic E-state index is -0.543. The molecule has 0 fully saturated rings. The molecular weight excluding hydrogens is 252 g/mol. The molecule has 0 aliphatic carbocycles. The van der Waals surface area contributed by atoms with E-state index >= 15 is 0 Å². The zero-order chi connectivity index (χ0) is 13.9. The fourth-order valence-electron chi connectivity index (χ4n) is 2.65. The van der Waals surface area contributed by atoms with E-state index in [-0.39, 0.29) is 6.10 Å². The molecule has 1 heterocycles. The molecule has 2 aromatic carbocycles. The van der Waals surface area contributed by atoms with Crippen LogP contribution in [0.5, 0.6) is 11.5 Å². The fraction of sp³-hybridized carbons (Fsp3) is 0.294. The Bertz CT molecular complexity index is 569. The van der Waals surface area contributed by atoms with Crippen molar-refractivity contribution in [1.29, 1.82) is 0 Å². The normalized spacial score (nSPS) is 18.2.